The summed E-state index contributed by atoms with van der Waals surface area (Å²) in [6.07, 6.45) is 0.569. The number of anilines is 1. The Balaban J connectivity index is 0.00000324. The van der Waals surface area contributed by atoms with Crippen LogP contribution in [0.1, 0.15) is 29.3 Å². The van der Waals surface area contributed by atoms with Crippen LogP contribution >= 0.6 is 12.4 Å². The molecule has 0 aliphatic carbocycles. The summed E-state index contributed by atoms with van der Waals surface area (Å²) in [5, 5.41) is 5.30. The second-order valence-electron chi connectivity index (χ2n) is 4.06. The maximum Gasteiger partial charge on any atom is 0.251 e. The van der Waals surface area contributed by atoms with Gasteiger partial charge in [-0.05, 0) is 31.0 Å². The van der Waals surface area contributed by atoms with E-state index >= 15 is 0 Å². The van der Waals surface area contributed by atoms with Gasteiger partial charge in [0, 0.05) is 18.3 Å². The number of nitrogens with one attached hydrogen (secondary N) is 2. The molecule has 0 fully saturated rings. The highest BCUT2D eigenvalue weighted by Crippen LogP contribution is 2.19. The van der Waals surface area contributed by atoms with Crippen molar-refractivity contribution >= 4 is 29.9 Å². The molecule has 0 spiro atoms. The van der Waals surface area contributed by atoms with Crippen LogP contribution in [0.5, 0.6) is 0 Å². The van der Waals surface area contributed by atoms with Crippen molar-refractivity contribution in [3.63, 3.8) is 0 Å². The van der Waals surface area contributed by atoms with Gasteiger partial charge in [0.25, 0.3) is 5.91 Å². The van der Waals surface area contributed by atoms with Crippen molar-refractivity contribution in [2.75, 3.05) is 12.4 Å². The molecule has 19 heavy (non-hydrogen) atoms. The number of benzene rings is 1. The Bertz CT molecular complexity index is 463. The molecule has 0 saturated carbocycles. The van der Waals surface area contributed by atoms with E-state index < -0.39 is 6.04 Å². The average molecular weight is 286 g/mol. The van der Waals surface area contributed by atoms with E-state index in [1.807, 2.05) is 6.92 Å². The van der Waals surface area contributed by atoms with E-state index in [2.05, 4.69) is 10.6 Å². The van der Waals surface area contributed by atoms with E-state index in [0.29, 0.717) is 17.7 Å². The van der Waals surface area contributed by atoms with Crippen molar-refractivity contribution in [3.05, 3.63) is 29.3 Å². The molecule has 4 N–H and O–H groups in total. The molecule has 106 valence electrons. The highest BCUT2D eigenvalue weighted by Gasteiger charge is 2.15. The minimum Gasteiger partial charge on any atom is -0.355 e. The highest BCUT2D eigenvalue weighted by molar-refractivity contribution is 6.00. The molecule has 0 aliphatic heterocycles. The molecule has 6 heteroatoms. The van der Waals surface area contributed by atoms with Crippen LogP contribution in [0.4, 0.5) is 5.69 Å². The molecular formula is C13H20ClN3O2. The molecule has 0 unspecified atom stereocenters. The topological polar surface area (TPSA) is 84.2 Å². The Morgan fingerprint density at radius 1 is 1.37 bits per heavy atom. The standard InChI is InChI=1S/C13H19N3O2.ClH/c1-4-10(14)13(18)16-11-7-5-6-9(8(11)2)12(17)15-3;/h5-7,10H,4,14H2,1-3H3,(H,15,17)(H,16,18);1H/t10-;/m0./s1. The minimum atomic E-state index is -0.534. The van der Waals surface area contributed by atoms with E-state index in [9.17, 15) is 9.59 Å². The largest absolute Gasteiger partial charge is 0.355 e. The number of carbonyl (C=O) groups excluding carboxylic acids is 2. The van der Waals surface area contributed by atoms with Gasteiger partial charge in [-0.2, -0.15) is 0 Å². The lowest BCUT2D eigenvalue weighted by Gasteiger charge is -2.14. The second-order valence-corrected chi connectivity index (χ2v) is 4.06. The lowest BCUT2D eigenvalue weighted by atomic mass is 10.1. The third-order valence-electron chi connectivity index (χ3n) is 2.84. The summed E-state index contributed by atoms with van der Waals surface area (Å²) >= 11 is 0. The summed E-state index contributed by atoms with van der Waals surface area (Å²) in [4.78, 5) is 23.3. The predicted octanol–water partition coefficient (Wildman–Crippen LogP) is 1.45. The summed E-state index contributed by atoms with van der Waals surface area (Å²) in [6.45, 7) is 3.63. The molecule has 0 aliphatic rings. The Morgan fingerprint density at radius 2 is 2.00 bits per heavy atom. The Labute approximate surface area is 119 Å². The SMILES string of the molecule is CC[C@H](N)C(=O)Nc1cccc(C(=O)NC)c1C.Cl. The van der Waals surface area contributed by atoms with Crippen molar-refractivity contribution in [1.82, 2.24) is 5.32 Å². The van der Waals surface area contributed by atoms with Crippen LogP contribution in [0.3, 0.4) is 0 Å². The highest BCUT2D eigenvalue weighted by atomic mass is 35.5. The van der Waals surface area contributed by atoms with E-state index in [0.717, 1.165) is 5.56 Å². The molecule has 2 amide bonds. The summed E-state index contributed by atoms with van der Waals surface area (Å²) < 4.78 is 0. The first-order valence-electron chi connectivity index (χ1n) is 5.89. The molecule has 1 rings (SSSR count). The van der Waals surface area contributed by atoms with Crippen LogP contribution in [0.15, 0.2) is 18.2 Å². The van der Waals surface area contributed by atoms with Gasteiger partial charge in [-0.25, -0.2) is 0 Å². The van der Waals surface area contributed by atoms with Crippen LogP contribution in [-0.2, 0) is 4.79 Å². The molecule has 1 aromatic carbocycles. The van der Waals surface area contributed by atoms with Crippen LogP contribution in [0, 0.1) is 6.92 Å². The fraction of sp³-hybridized carbons (Fsp3) is 0.385. The third-order valence-corrected chi connectivity index (χ3v) is 2.84. The quantitative estimate of drug-likeness (QED) is 0.783. The van der Waals surface area contributed by atoms with Crippen molar-refractivity contribution in [2.24, 2.45) is 5.73 Å². The zero-order valence-corrected chi connectivity index (χ0v) is 12.1. The second kappa shape index (κ2) is 7.76. The fourth-order valence-corrected chi connectivity index (χ4v) is 1.56. The maximum atomic E-state index is 11.7. The summed E-state index contributed by atoms with van der Waals surface area (Å²) in [7, 11) is 1.57. The minimum absolute atomic E-state index is 0. The number of hydrogen-bond acceptors (Lipinski definition) is 3. The molecule has 0 radical (unpaired) electrons. The van der Waals surface area contributed by atoms with E-state index in [4.69, 9.17) is 5.73 Å². The Kier molecular flexibility index (Phi) is 7.11. The molecule has 0 heterocycles. The van der Waals surface area contributed by atoms with Gasteiger partial charge in [-0.1, -0.05) is 13.0 Å². The fourth-order valence-electron chi connectivity index (χ4n) is 1.56. The van der Waals surface area contributed by atoms with Crippen LogP contribution < -0.4 is 16.4 Å². The van der Waals surface area contributed by atoms with E-state index in [1.54, 1.807) is 32.2 Å². The first kappa shape index (κ1) is 17.4. The lowest BCUT2D eigenvalue weighted by Crippen LogP contribution is -2.35. The van der Waals surface area contributed by atoms with Gasteiger partial charge in [0.1, 0.15) is 0 Å². The molecule has 0 saturated heterocycles. The number of amides is 2. The number of halogens is 1. The van der Waals surface area contributed by atoms with Gasteiger partial charge in [0.15, 0.2) is 0 Å². The van der Waals surface area contributed by atoms with Gasteiger partial charge in [-0.15, -0.1) is 12.4 Å². The summed E-state index contributed by atoms with van der Waals surface area (Å²) in [6, 6.07) is 4.66. The van der Waals surface area contributed by atoms with Crippen molar-refractivity contribution in [2.45, 2.75) is 26.3 Å². The predicted molar refractivity (Wildman–Crippen MR) is 78.7 cm³/mol. The van der Waals surface area contributed by atoms with Gasteiger partial charge < -0.3 is 16.4 Å². The van der Waals surface area contributed by atoms with Crippen molar-refractivity contribution < 1.29 is 9.59 Å². The van der Waals surface area contributed by atoms with Gasteiger partial charge in [0.2, 0.25) is 5.91 Å². The van der Waals surface area contributed by atoms with Gasteiger partial charge in [-0.3, -0.25) is 9.59 Å². The Hall–Kier alpha value is -1.59. The van der Waals surface area contributed by atoms with Crippen LogP contribution in [0.25, 0.3) is 0 Å². The van der Waals surface area contributed by atoms with Gasteiger partial charge >= 0.3 is 0 Å². The van der Waals surface area contributed by atoms with Crippen molar-refractivity contribution in [1.29, 1.82) is 0 Å². The van der Waals surface area contributed by atoms with E-state index in [1.165, 1.54) is 0 Å². The number of hydrogen-bond donors (Lipinski definition) is 3. The zero-order valence-electron chi connectivity index (χ0n) is 11.3. The van der Waals surface area contributed by atoms with Crippen LogP contribution in [-0.4, -0.2) is 24.9 Å². The monoisotopic (exact) mass is 285 g/mol. The summed E-state index contributed by atoms with van der Waals surface area (Å²) in [5.74, 6) is -0.418. The van der Waals surface area contributed by atoms with Crippen LogP contribution in [0.2, 0.25) is 0 Å². The molecule has 5 nitrogen and oxygen atoms in total. The molecule has 1 atom stereocenters. The first-order chi connectivity index (χ1) is 8.51. The molecule has 0 bridgehead atoms. The third kappa shape index (κ3) is 4.22. The summed E-state index contributed by atoms with van der Waals surface area (Å²) in [5.41, 5.74) is 7.53. The number of carbonyl (C=O) groups is 2. The molecular weight excluding hydrogens is 266 g/mol. The number of nitrogens with two attached hydrogens (primary N) is 1. The van der Waals surface area contributed by atoms with Crippen molar-refractivity contribution in [3.8, 4) is 0 Å². The van der Waals surface area contributed by atoms with Gasteiger partial charge in [0.05, 0.1) is 6.04 Å². The maximum absolute atomic E-state index is 11.7. The lowest BCUT2D eigenvalue weighted by molar-refractivity contribution is -0.117. The zero-order chi connectivity index (χ0) is 13.7. The van der Waals surface area contributed by atoms with E-state index in [-0.39, 0.29) is 24.2 Å². The normalized spacial score (nSPS) is 11.2. The smallest absolute Gasteiger partial charge is 0.251 e. The Morgan fingerprint density at radius 3 is 2.53 bits per heavy atom. The molecule has 1 aromatic rings. The molecule has 0 aromatic heterocycles. The number of rotatable bonds is 4. The first-order valence-corrected chi connectivity index (χ1v) is 5.89. The average Bonchev–Trinajstić information content (AvgIpc) is 2.39.